The van der Waals surface area contributed by atoms with Gasteiger partial charge < -0.3 is 12.4 Å². The van der Waals surface area contributed by atoms with Crippen molar-refractivity contribution in [1.82, 2.24) is 4.98 Å². The Bertz CT molecular complexity index is 272. The number of H-pyrrole nitrogens is 1. The molecule has 0 aliphatic carbocycles. The standard InChI is InChI=1S/C16H30N2.ClH/c1-3-4-5-6-7-8-9-10-11-16(2)14-18-13-12-17-15-18;/h12-13,15-16H,3-11,14H2,1-2H3;1H. The number of nitrogens with one attached hydrogen (secondary N) is 1. The summed E-state index contributed by atoms with van der Waals surface area (Å²) in [5.41, 5.74) is 0. The van der Waals surface area contributed by atoms with Crippen LogP contribution in [0.5, 0.6) is 0 Å². The molecule has 0 spiro atoms. The zero-order valence-corrected chi connectivity index (χ0v) is 13.5. The second-order valence-electron chi connectivity index (χ2n) is 5.68. The van der Waals surface area contributed by atoms with E-state index in [-0.39, 0.29) is 12.4 Å². The van der Waals surface area contributed by atoms with Crippen LogP contribution in [-0.2, 0) is 6.54 Å². The first-order valence-electron chi connectivity index (χ1n) is 7.84. The van der Waals surface area contributed by atoms with E-state index in [0.717, 1.165) is 12.5 Å². The number of unbranched alkanes of at least 4 members (excludes halogenated alkanes) is 7. The van der Waals surface area contributed by atoms with Crippen molar-refractivity contribution in [1.29, 1.82) is 0 Å². The molecule has 19 heavy (non-hydrogen) atoms. The predicted molar refractivity (Wildman–Crippen MR) is 77.4 cm³/mol. The summed E-state index contributed by atoms with van der Waals surface area (Å²) in [6.45, 7) is 5.80. The summed E-state index contributed by atoms with van der Waals surface area (Å²) in [6.07, 6.45) is 18.9. The van der Waals surface area contributed by atoms with Gasteiger partial charge in [0.25, 0.3) is 0 Å². The second kappa shape index (κ2) is 12.5. The van der Waals surface area contributed by atoms with Crippen molar-refractivity contribution >= 4 is 0 Å². The summed E-state index contributed by atoms with van der Waals surface area (Å²) in [7, 11) is 0. The number of imidazole rings is 1. The van der Waals surface area contributed by atoms with Crippen LogP contribution in [-0.4, -0.2) is 4.98 Å². The topological polar surface area (TPSA) is 19.7 Å². The zero-order valence-electron chi connectivity index (χ0n) is 12.7. The molecule has 1 aromatic rings. The number of rotatable bonds is 11. The monoisotopic (exact) mass is 286 g/mol. The highest BCUT2D eigenvalue weighted by molar-refractivity contribution is 4.57. The van der Waals surface area contributed by atoms with E-state index >= 15 is 0 Å². The highest BCUT2D eigenvalue weighted by atomic mass is 35.5. The Labute approximate surface area is 125 Å². The zero-order chi connectivity index (χ0) is 13.1. The number of halogens is 1. The molecule has 0 aliphatic rings. The van der Waals surface area contributed by atoms with Gasteiger partial charge >= 0.3 is 0 Å². The Morgan fingerprint density at radius 2 is 1.63 bits per heavy atom. The van der Waals surface area contributed by atoms with Crippen molar-refractivity contribution < 1.29 is 17.0 Å². The van der Waals surface area contributed by atoms with Gasteiger partial charge in [0.1, 0.15) is 12.4 Å². The third kappa shape index (κ3) is 10.0. The molecule has 0 aliphatic heterocycles. The lowest BCUT2D eigenvalue weighted by atomic mass is 10.0. The van der Waals surface area contributed by atoms with Crippen molar-refractivity contribution in [2.24, 2.45) is 5.92 Å². The van der Waals surface area contributed by atoms with Crippen LogP contribution in [0, 0.1) is 5.92 Å². The van der Waals surface area contributed by atoms with E-state index in [1.807, 2.05) is 12.5 Å². The van der Waals surface area contributed by atoms with E-state index in [4.69, 9.17) is 0 Å². The van der Waals surface area contributed by atoms with Gasteiger partial charge in [-0.2, -0.15) is 0 Å². The highest BCUT2D eigenvalue weighted by Gasteiger charge is 2.06. The fourth-order valence-electron chi connectivity index (χ4n) is 2.51. The average Bonchev–Trinajstić information content (AvgIpc) is 2.85. The second-order valence-corrected chi connectivity index (χ2v) is 5.68. The SMILES string of the molecule is CCCCCCCCCCC(C)C[n+]1cc[nH]c1.[Cl-]. The maximum absolute atomic E-state index is 3.10. The molecule has 1 rings (SSSR count). The van der Waals surface area contributed by atoms with Crippen LogP contribution in [0.3, 0.4) is 0 Å². The van der Waals surface area contributed by atoms with Gasteiger partial charge in [-0.05, 0) is 12.3 Å². The third-order valence-electron chi connectivity index (χ3n) is 3.68. The van der Waals surface area contributed by atoms with Crippen LogP contribution in [0.25, 0.3) is 0 Å². The van der Waals surface area contributed by atoms with Gasteiger partial charge in [-0.15, -0.1) is 0 Å². The maximum Gasteiger partial charge on any atom is 0.241 e. The Hall–Kier alpha value is -0.500. The molecule has 0 bridgehead atoms. The fraction of sp³-hybridized carbons (Fsp3) is 0.812. The molecule has 1 N–H and O–H groups in total. The van der Waals surface area contributed by atoms with Gasteiger partial charge in [-0.3, -0.25) is 4.98 Å². The van der Waals surface area contributed by atoms with Gasteiger partial charge in [0, 0.05) is 0 Å². The lowest BCUT2D eigenvalue weighted by Crippen LogP contribution is -3.00. The molecule has 0 saturated carbocycles. The normalized spacial score (nSPS) is 12.1. The lowest BCUT2D eigenvalue weighted by molar-refractivity contribution is -0.701. The molecule has 1 aromatic heterocycles. The minimum atomic E-state index is 0. The van der Waals surface area contributed by atoms with Crippen molar-refractivity contribution in [2.45, 2.75) is 78.2 Å². The summed E-state index contributed by atoms with van der Waals surface area (Å²) >= 11 is 0. The number of nitrogens with zero attached hydrogens (tertiary/aromatic N) is 1. The molecule has 0 fully saturated rings. The van der Waals surface area contributed by atoms with Crippen LogP contribution in [0.2, 0.25) is 0 Å². The Morgan fingerprint density at radius 1 is 1.00 bits per heavy atom. The van der Waals surface area contributed by atoms with Crippen molar-refractivity contribution in [3.63, 3.8) is 0 Å². The summed E-state index contributed by atoms with van der Waals surface area (Å²) in [6, 6.07) is 0. The van der Waals surface area contributed by atoms with Gasteiger partial charge in [0.05, 0.1) is 6.54 Å². The minimum Gasteiger partial charge on any atom is -1.00 e. The Morgan fingerprint density at radius 3 is 2.21 bits per heavy atom. The molecule has 0 saturated heterocycles. The molecule has 1 heterocycles. The van der Waals surface area contributed by atoms with E-state index in [0.29, 0.717) is 0 Å². The van der Waals surface area contributed by atoms with Crippen molar-refractivity contribution in [2.75, 3.05) is 0 Å². The number of aromatic amines is 1. The molecule has 3 heteroatoms. The predicted octanol–water partition coefficient (Wildman–Crippen LogP) is 1.47. The van der Waals surface area contributed by atoms with Gasteiger partial charge in [-0.25, -0.2) is 4.57 Å². The minimum absolute atomic E-state index is 0. The third-order valence-corrected chi connectivity index (χ3v) is 3.68. The van der Waals surface area contributed by atoms with E-state index in [1.165, 1.54) is 57.8 Å². The number of hydrogen-bond donors (Lipinski definition) is 1. The Balaban J connectivity index is 0.00000324. The van der Waals surface area contributed by atoms with Gasteiger partial charge in [0.15, 0.2) is 0 Å². The largest absolute Gasteiger partial charge is 1.00 e. The fourth-order valence-corrected chi connectivity index (χ4v) is 2.51. The first-order valence-corrected chi connectivity index (χ1v) is 7.84. The molecule has 0 radical (unpaired) electrons. The van der Waals surface area contributed by atoms with E-state index in [1.54, 1.807) is 0 Å². The first kappa shape index (κ1) is 18.5. The quantitative estimate of drug-likeness (QED) is 0.470. The summed E-state index contributed by atoms with van der Waals surface area (Å²) in [4.78, 5) is 3.10. The molecule has 2 nitrogen and oxygen atoms in total. The van der Waals surface area contributed by atoms with Crippen LogP contribution < -0.4 is 17.0 Å². The number of hydrogen-bond acceptors (Lipinski definition) is 0. The first-order chi connectivity index (χ1) is 8.83. The van der Waals surface area contributed by atoms with Crippen LogP contribution in [0.4, 0.5) is 0 Å². The lowest BCUT2D eigenvalue weighted by Gasteiger charge is -2.08. The van der Waals surface area contributed by atoms with Gasteiger partial charge in [-0.1, -0.05) is 65.2 Å². The van der Waals surface area contributed by atoms with E-state index < -0.39 is 0 Å². The summed E-state index contributed by atoms with van der Waals surface area (Å²) < 4.78 is 2.25. The van der Waals surface area contributed by atoms with Crippen LogP contribution in [0.1, 0.15) is 71.6 Å². The summed E-state index contributed by atoms with van der Waals surface area (Å²) in [5, 5.41) is 0. The molecule has 112 valence electrons. The molecule has 1 atom stereocenters. The van der Waals surface area contributed by atoms with Crippen molar-refractivity contribution in [3.8, 4) is 0 Å². The molecule has 0 amide bonds. The molecular weight excluding hydrogens is 256 g/mol. The summed E-state index contributed by atoms with van der Waals surface area (Å²) in [5.74, 6) is 0.797. The van der Waals surface area contributed by atoms with Crippen molar-refractivity contribution in [3.05, 3.63) is 18.7 Å². The highest BCUT2D eigenvalue weighted by Crippen LogP contribution is 2.13. The van der Waals surface area contributed by atoms with Crippen LogP contribution in [0.15, 0.2) is 18.7 Å². The average molecular weight is 287 g/mol. The smallest absolute Gasteiger partial charge is 0.241 e. The van der Waals surface area contributed by atoms with Gasteiger partial charge in [0.2, 0.25) is 6.33 Å². The maximum atomic E-state index is 3.10. The molecule has 1 unspecified atom stereocenters. The van der Waals surface area contributed by atoms with Crippen LogP contribution >= 0.6 is 0 Å². The molecular formula is C16H31ClN2. The van der Waals surface area contributed by atoms with E-state index in [2.05, 4.69) is 29.6 Å². The number of aromatic nitrogens is 2. The Kier molecular flexibility index (Phi) is 12.2. The molecule has 0 aromatic carbocycles. The van der Waals surface area contributed by atoms with E-state index in [9.17, 15) is 0 Å².